The minimum Gasteiger partial charge on any atom is -0.142 e. The predicted molar refractivity (Wildman–Crippen MR) is 83.7 cm³/mol. The molecule has 0 saturated carbocycles. The van der Waals surface area contributed by atoms with Gasteiger partial charge >= 0.3 is 0 Å². The smallest absolute Gasteiger partial charge is 0.0751 e. The van der Waals surface area contributed by atoms with E-state index in [4.69, 9.17) is 0 Å². The van der Waals surface area contributed by atoms with Gasteiger partial charge in [0.2, 0.25) is 0 Å². The molecule has 0 nitrogen and oxygen atoms in total. The van der Waals surface area contributed by atoms with Crippen LogP contribution in [-0.2, 0) is 0 Å². The molecule has 2 rings (SSSR count). The van der Waals surface area contributed by atoms with E-state index in [2.05, 4.69) is 73.4 Å². The summed E-state index contributed by atoms with van der Waals surface area (Å²) in [6.45, 7) is 5.61. The van der Waals surface area contributed by atoms with Crippen molar-refractivity contribution in [2.45, 2.75) is 17.9 Å². The van der Waals surface area contributed by atoms with Crippen LogP contribution in [0.5, 0.6) is 0 Å². The second-order valence-corrected chi connectivity index (χ2v) is 6.28. The van der Waals surface area contributed by atoms with Crippen molar-refractivity contribution in [3.63, 3.8) is 0 Å². The molecule has 0 aromatic heterocycles. The fourth-order valence-corrected chi connectivity index (χ4v) is 4.25. The van der Waals surface area contributed by atoms with Gasteiger partial charge in [-0.1, -0.05) is 62.1 Å². The van der Waals surface area contributed by atoms with E-state index in [1.165, 1.54) is 17.1 Å². The molecule has 0 N–H and O–H groups in total. The summed E-state index contributed by atoms with van der Waals surface area (Å²) in [6.07, 6.45) is 6.89. The van der Waals surface area contributed by atoms with Crippen LogP contribution in [0.1, 0.15) is 23.5 Å². The van der Waals surface area contributed by atoms with Gasteiger partial charge in [0.25, 0.3) is 0 Å². The molecular formula is C15H20S2. The minimum absolute atomic E-state index is 0.705. The Hall–Kier alpha value is -0.600. The first kappa shape index (κ1) is 14.5. The first-order valence-corrected chi connectivity index (χ1v) is 8.04. The molecule has 1 aliphatic rings. The van der Waals surface area contributed by atoms with Crippen LogP contribution < -0.4 is 0 Å². The summed E-state index contributed by atoms with van der Waals surface area (Å²) in [4.78, 5) is 0. The molecule has 1 aliphatic heterocycles. The minimum atomic E-state index is 0.705. The van der Waals surface area contributed by atoms with Crippen molar-refractivity contribution in [2.24, 2.45) is 0 Å². The Bertz CT molecular complexity index is 324. The standard InChI is InChI=1S/C9H10S2.C6H10/c1-2-4-8(5-3-1)9-10-6-7-11-9;1-3-5-6-4-2/h1-5,9H,6-7H2;3,5-6H,1,4H2,2H3. The third-order valence-electron chi connectivity index (χ3n) is 2.20. The lowest BCUT2D eigenvalue weighted by Crippen LogP contribution is -1.81. The van der Waals surface area contributed by atoms with Gasteiger partial charge in [0.05, 0.1) is 4.58 Å². The molecule has 0 amide bonds. The lowest BCUT2D eigenvalue weighted by Gasteiger charge is -2.06. The number of rotatable bonds is 3. The van der Waals surface area contributed by atoms with E-state index in [1.54, 1.807) is 6.08 Å². The Morgan fingerprint density at radius 1 is 1.24 bits per heavy atom. The molecule has 2 heteroatoms. The molecule has 0 unspecified atom stereocenters. The topological polar surface area (TPSA) is 0 Å². The Morgan fingerprint density at radius 3 is 2.35 bits per heavy atom. The lowest BCUT2D eigenvalue weighted by atomic mass is 10.2. The van der Waals surface area contributed by atoms with Gasteiger partial charge in [-0.15, -0.1) is 23.5 Å². The van der Waals surface area contributed by atoms with E-state index >= 15 is 0 Å². The number of thioether (sulfide) groups is 2. The van der Waals surface area contributed by atoms with E-state index in [1.807, 2.05) is 6.08 Å². The molecular weight excluding hydrogens is 244 g/mol. The highest BCUT2D eigenvalue weighted by atomic mass is 32.2. The highest BCUT2D eigenvalue weighted by Gasteiger charge is 2.16. The van der Waals surface area contributed by atoms with E-state index in [-0.39, 0.29) is 0 Å². The molecule has 1 heterocycles. The van der Waals surface area contributed by atoms with Gasteiger partial charge in [0.1, 0.15) is 0 Å². The Morgan fingerprint density at radius 2 is 1.88 bits per heavy atom. The summed E-state index contributed by atoms with van der Waals surface area (Å²) in [7, 11) is 0. The highest BCUT2D eigenvalue weighted by molar-refractivity contribution is 8.19. The summed E-state index contributed by atoms with van der Waals surface area (Å²) in [5.41, 5.74) is 1.47. The SMILES string of the molecule is C=CC=CCC.c1ccc(C2SCCS2)cc1. The molecule has 0 radical (unpaired) electrons. The van der Waals surface area contributed by atoms with Crippen molar-refractivity contribution in [3.8, 4) is 0 Å². The summed E-state index contributed by atoms with van der Waals surface area (Å²) in [5.74, 6) is 2.62. The van der Waals surface area contributed by atoms with Crippen LogP contribution in [0.2, 0.25) is 0 Å². The maximum atomic E-state index is 3.51. The molecule has 0 aliphatic carbocycles. The summed E-state index contributed by atoms with van der Waals surface area (Å²) >= 11 is 4.12. The van der Waals surface area contributed by atoms with E-state index < -0.39 is 0 Å². The fraction of sp³-hybridized carbons (Fsp3) is 0.333. The largest absolute Gasteiger partial charge is 0.142 e. The zero-order valence-electron chi connectivity index (χ0n) is 10.3. The van der Waals surface area contributed by atoms with E-state index in [0.717, 1.165) is 6.42 Å². The third-order valence-corrected chi connectivity index (χ3v) is 5.31. The molecule has 1 saturated heterocycles. The highest BCUT2D eigenvalue weighted by Crippen LogP contribution is 2.44. The zero-order chi connectivity index (χ0) is 12.3. The maximum absolute atomic E-state index is 3.51. The van der Waals surface area contributed by atoms with Crippen molar-refractivity contribution >= 4 is 23.5 Å². The van der Waals surface area contributed by atoms with Gasteiger partial charge < -0.3 is 0 Å². The van der Waals surface area contributed by atoms with Gasteiger partial charge in [0, 0.05) is 11.5 Å². The van der Waals surface area contributed by atoms with Crippen molar-refractivity contribution in [2.75, 3.05) is 11.5 Å². The van der Waals surface area contributed by atoms with Gasteiger partial charge in [-0.3, -0.25) is 0 Å². The molecule has 1 aromatic carbocycles. The van der Waals surface area contributed by atoms with Gasteiger partial charge in [-0.05, 0) is 12.0 Å². The van der Waals surface area contributed by atoms with Crippen LogP contribution in [0.3, 0.4) is 0 Å². The molecule has 0 spiro atoms. The van der Waals surface area contributed by atoms with Gasteiger partial charge in [0.15, 0.2) is 0 Å². The molecule has 1 fully saturated rings. The third kappa shape index (κ3) is 6.04. The number of benzene rings is 1. The molecule has 17 heavy (non-hydrogen) atoms. The predicted octanol–water partition coefficient (Wildman–Crippen LogP) is 5.30. The second-order valence-electron chi connectivity index (χ2n) is 3.56. The Kier molecular flexibility index (Phi) is 8.02. The fourth-order valence-electron chi connectivity index (χ4n) is 1.39. The maximum Gasteiger partial charge on any atom is 0.0751 e. The zero-order valence-corrected chi connectivity index (χ0v) is 12.0. The summed E-state index contributed by atoms with van der Waals surface area (Å²) < 4.78 is 0.705. The number of allylic oxidation sites excluding steroid dienone is 3. The average Bonchev–Trinajstić information content (AvgIpc) is 2.92. The Balaban J connectivity index is 0.000000209. The van der Waals surface area contributed by atoms with E-state index in [0.29, 0.717) is 4.58 Å². The van der Waals surface area contributed by atoms with Crippen LogP contribution in [0.15, 0.2) is 55.1 Å². The molecule has 92 valence electrons. The Labute approximate surface area is 114 Å². The average molecular weight is 264 g/mol. The number of hydrogen-bond acceptors (Lipinski definition) is 2. The van der Waals surface area contributed by atoms with Crippen molar-refractivity contribution < 1.29 is 0 Å². The molecule has 0 bridgehead atoms. The van der Waals surface area contributed by atoms with Crippen LogP contribution in [0.4, 0.5) is 0 Å². The van der Waals surface area contributed by atoms with Gasteiger partial charge in [-0.2, -0.15) is 0 Å². The van der Waals surface area contributed by atoms with Crippen LogP contribution in [0, 0.1) is 0 Å². The first-order chi connectivity index (χ1) is 8.38. The van der Waals surface area contributed by atoms with Crippen molar-refractivity contribution in [3.05, 3.63) is 60.7 Å². The van der Waals surface area contributed by atoms with E-state index in [9.17, 15) is 0 Å². The van der Waals surface area contributed by atoms with Crippen molar-refractivity contribution in [1.29, 1.82) is 0 Å². The second kappa shape index (κ2) is 9.43. The first-order valence-electron chi connectivity index (χ1n) is 5.94. The van der Waals surface area contributed by atoms with Crippen LogP contribution >= 0.6 is 23.5 Å². The van der Waals surface area contributed by atoms with Crippen LogP contribution in [-0.4, -0.2) is 11.5 Å². The molecule has 1 aromatic rings. The quantitative estimate of drug-likeness (QED) is 0.679. The molecule has 0 atom stereocenters. The summed E-state index contributed by atoms with van der Waals surface area (Å²) in [6, 6.07) is 10.8. The van der Waals surface area contributed by atoms with Crippen LogP contribution in [0.25, 0.3) is 0 Å². The normalized spacial score (nSPS) is 15.6. The van der Waals surface area contributed by atoms with Crippen molar-refractivity contribution in [1.82, 2.24) is 0 Å². The van der Waals surface area contributed by atoms with Gasteiger partial charge in [-0.25, -0.2) is 0 Å². The summed E-state index contributed by atoms with van der Waals surface area (Å²) in [5, 5.41) is 0. The monoisotopic (exact) mass is 264 g/mol. The number of hydrogen-bond donors (Lipinski definition) is 0. The lowest BCUT2D eigenvalue weighted by molar-refractivity contribution is 1.22.